The van der Waals surface area contributed by atoms with Crippen LogP contribution in [0.15, 0.2) is 41.3 Å². The van der Waals surface area contributed by atoms with Crippen LogP contribution in [0, 0.1) is 17.6 Å². The molecule has 1 aliphatic carbocycles. The number of carbonyl (C=O) groups is 1. The molecule has 10 heteroatoms. The molecular weight excluding hydrogens is 431 g/mol. The number of halogens is 5. The summed E-state index contributed by atoms with van der Waals surface area (Å²) in [7, 11) is -4.53. The summed E-state index contributed by atoms with van der Waals surface area (Å²) in [5.74, 6) is -3.77. The van der Waals surface area contributed by atoms with E-state index in [0.717, 1.165) is 24.3 Å². The first-order chi connectivity index (χ1) is 14.0. The van der Waals surface area contributed by atoms with E-state index in [-0.39, 0.29) is 31.7 Å². The Balaban J connectivity index is 1.96. The number of ketones is 1. The third-order valence-corrected chi connectivity index (χ3v) is 8.38. The van der Waals surface area contributed by atoms with Gasteiger partial charge in [0.2, 0.25) is 0 Å². The summed E-state index contributed by atoms with van der Waals surface area (Å²) in [6.07, 6.45) is -5.40. The largest absolute Gasteiger partial charge is 0.490 e. The van der Waals surface area contributed by atoms with E-state index in [1.54, 1.807) is 0 Å². The lowest BCUT2D eigenvalue weighted by Crippen LogP contribution is -2.52. The summed E-state index contributed by atoms with van der Waals surface area (Å²) in [6, 6.07) is 4.42. The smallest absolute Gasteiger partial charge is 0.416 e. The van der Waals surface area contributed by atoms with E-state index in [1.807, 2.05) is 0 Å². The number of hydrogen-bond donors (Lipinski definition) is 0. The van der Waals surface area contributed by atoms with Crippen LogP contribution in [0.3, 0.4) is 0 Å². The minimum Gasteiger partial charge on any atom is -0.490 e. The normalized spacial score (nSPS) is 24.0. The SMILES string of the molecule is O=C1CCC2(S(=O)(=O)c3ccc(C(F)(F)F)cc3)c3c(F)ccc(F)c3OCC2C1. The Kier molecular flexibility index (Phi) is 4.68. The van der Waals surface area contributed by atoms with Crippen LogP contribution in [0.2, 0.25) is 0 Å². The average Bonchev–Trinajstić information content (AvgIpc) is 2.69. The van der Waals surface area contributed by atoms with Crippen LogP contribution in [0.1, 0.15) is 30.4 Å². The Bertz CT molecular complexity index is 1130. The molecule has 2 aromatic rings. The third-order valence-electron chi connectivity index (χ3n) is 5.79. The van der Waals surface area contributed by atoms with Crippen molar-refractivity contribution >= 4 is 15.6 Å². The van der Waals surface area contributed by atoms with Gasteiger partial charge in [-0.2, -0.15) is 13.2 Å². The molecule has 30 heavy (non-hydrogen) atoms. The summed E-state index contributed by atoms with van der Waals surface area (Å²) in [5, 5.41) is 0. The molecule has 0 spiro atoms. The molecule has 0 radical (unpaired) electrons. The zero-order valence-corrected chi connectivity index (χ0v) is 16.1. The summed E-state index contributed by atoms with van der Waals surface area (Å²) >= 11 is 0. The van der Waals surface area contributed by atoms with Crippen molar-refractivity contribution in [1.82, 2.24) is 0 Å². The second-order valence-corrected chi connectivity index (χ2v) is 9.61. The quantitative estimate of drug-likeness (QED) is 0.641. The highest BCUT2D eigenvalue weighted by Crippen LogP contribution is 2.56. The van der Waals surface area contributed by atoms with Gasteiger partial charge in [-0.1, -0.05) is 0 Å². The number of alkyl halides is 3. The lowest BCUT2D eigenvalue weighted by molar-refractivity contribution is -0.137. The predicted molar refractivity (Wildman–Crippen MR) is 94.5 cm³/mol. The second-order valence-electron chi connectivity index (χ2n) is 7.40. The van der Waals surface area contributed by atoms with Gasteiger partial charge in [-0.25, -0.2) is 17.2 Å². The van der Waals surface area contributed by atoms with Crippen molar-refractivity contribution in [2.45, 2.75) is 35.1 Å². The number of benzene rings is 2. The summed E-state index contributed by atoms with van der Waals surface area (Å²) in [5.41, 5.74) is -1.55. The van der Waals surface area contributed by atoms with E-state index in [9.17, 15) is 35.2 Å². The monoisotopic (exact) mass is 446 g/mol. The van der Waals surface area contributed by atoms with Gasteiger partial charge < -0.3 is 4.74 Å². The molecule has 1 heterocycles. The van der Waals surface area contributed by atoms with Crippen molar-refractivity contribution in [3.63, 3.8) is 0 Å². The van der Waals surface area contributed by atoms with Gasteiger partial charge in [0, 0.05) is 18.8 Å². The van der Waals surface area contributed by atoms with Crippen LogP contribution < -0.4 is 4.74 Å². The zero-order valence-electron chi connectivity index (χ0n) is 15.3. The molecule has 0 N–H and O–H groups in total. The van der Waals surface area contributed by atoms with Crippen LogP contribution in [0.4, 0.5) is 22.0 Å². The van der Waals surface area contributed by atoms with E-state index in [4.69, 9.17) is 4.74 Å². The Hall–Kier alpha value is -2.49. The summed E-state index contributed by atoms with van der Waals surface area (Å²) in [6.45, 7) is -0.334. The van der Waals surface area contributed by atoms with E-state index >= 15 is 0 Å². The van der Waals surface area contributed by atoms with Crippen LogP contribution in [0.5, 0.6) is 5.75 Å². The van der Waals surface area contributed by atoms with E-state index in [1.165, 1.54) is 0 Å². The number of ether oxygens (including phenoxy) is 1. The lowest BCUT2D eigenvalue weighted by Gasteiger charge is -2.46. The van der Waals surface area contributed by atoms with Crippen molar-refractivity contribution < 1.29 is 39.9 Å². The molecule has 2 atom stereocenters. The van der Waals surface area contributed by atoms with Crippen LogP contribution in [-0.4, -0.2) is 20.8 Å². The molecule has 2 aliphatic rings. The molecule has 0 saturated heterocycles. The van der Waals surface area contributed by atoms with Gasteiger partial charge in [0.05, 0.1) is 22.6 Å². The maximum atomic E-state index is 14.9. The molecule has 160 valence electrons. The maximum absolute atomic E-state index is 14.9. The van der Waals surface area contributed by atoms with Crippen molar-refractivity contribution in [2.75, 3.05) is 6.61 Å². The van der Waals surface area contributed by atoms with Crippen molar-refractivity contribution in [2.24, 2.45) is 5.92 Å². The van der Waals surface area contributed by atoms with Crippen molar-refractivity contribution in [1.29, 1.82) is 0 Å². The fourth-order valence-corrected chi connectivity index (χ4v) is 6.70. The molecule has 0 aromatic heterocycles. The van der Waals surface area contributed by atoms with Crippen molar-refractivity contribution in [3.8, 4) is 5.75 Å². The summed E-state index contributed by atoms with van der Waals surface area (Å²) in [4.78, 5) is 11.5. The van der Waals surface area contributed by atoms with E-state index in [0.29, 0.717) is 12.1 Å². The average molecular weight is 446 g/mol. The number of sulfone groups is 1. The molecule has 1 saturated carbocycles. The Labute approximate surface area is 168 Å². The van der Waals surface area contributed by atoms with Crippen LogP contribution in [-0.2, 0) is 25.6 Å². The van der Waals surface area contributed by atoms with Gasteiger partial charge in [-0.3, -0.25) is 4.79 Å². The molecule has 4 rings (SSSR count). The number of Topliss-reactive ketones (excluding diaryl/α,β-unsaturated/α-hetero) is 1. The fourth-order valence-electron chi connectivity index (χ4n) is 4.37. The van der Waals surface area contributed by atoms with E-state index in [2.05, 4.69) is 0 Å². The Morgan fingerprint density at radius 3 is 2.27 bits per heavy atom. The minimum absolute atomic E-state index is 0.189. The first-order valence-corrected chi connectivity index (χ1v) is 10.5. The Morgan fingerprint density at radius 2 is 1.63 bits per heavy atom. The fraction of sp³-hybridized carbons (Fsp3) is 0.350. The zero-order chi connectivity index (χ0) is 21.9. The van der Waals surface area contributed by atoms with Crippen LogP contribution >= 0.6 is 0 Å². The summed E-state index contributed by atoms with van der Waals surface area (Å²) < 4.78 is 98.5. The van der Waals surface area contributed by atoms with Gasteiger partial charge in [-0.15, -0.1) is 0 Å². The number of fused-ring (bicyclic) bond motifs is 3. The maximum Gasteiger partial charge on any atom is 0.416 e. The topological polar surface area (TPSA) is 60.4 Å². The van der Waals surface area contributed by atoms with Gasteiger partial charge in [0.1, 0.15) is 16.3 Å². The molecule has 1 fully saturated rings. The van der Waals surface area contributed by atoms with Gasteiger partial charge >= 0.3 is 6.18 Å². The van der Waals surface area contributed by atoms with Gasteiger partial charge in [-0.05, 0) is 42.8 Å². The second kappa shape index (κ2) is 6.76. The molecule has 1 aliphatic heterocycles. The highest BCUT2D eigenvalue weighted by Gasteiger charge is 2.59. The third kappa shape index (κ3) is 2.91. The highest BCUT2D eigenvalue weighted by atomic mass is 32.2. The molecule has 4 nitrogen and oxygen atoms in total. The molecular formula is C20H15F5O4S. The number of carbonyl (C=O) groups excluding carboxylic acids is 1. The molecule has 2 unspecified atom stereocenters. The van der Waals surface area contributed by atoms with Gasteiger partial charge in [0.25, 0.3) is 0 Å². The van der Waals surface area contributed by atoms with Crippen molar-refractivity contribution in [3.05, 3.63) is 59.2 Å². The Morgan fingerprint density at radius 1 is 1.00 bits per heavy atom. The lowest BCUT2D eigenvalue weighted by atomic mass is 9.72. The van der Waals surface area contributed by atoms with E-state index < -0.39 is 60.1 Å². The van der Waals surface area contributed by atoms with Crippen LogP contribution in [0.25, 0.3) is 0 Å². The first kappa shape index (κ1) is 20.8. The predicted octanol–water partition coefficient (Wildman–Crippen LogP) is 4.41. The molecule has 0 bridgehead atoms. The van der Waals surface area contributed by atoms with Gasteiger partial charge in [0.15, 0.2) is 21.4 Å². The minimum atomic E-state index is -4.67. The number of hydrogen-bond acceptors (Lipinski definition) is 4. The standard InChI is InChI=1S/C20H15F5O4S/c21-15-5-6-16(22)18-17(15)19(8-7-13(26)9-12(19)10-29-18)30(27,28)14-3-1-11(2-4-14)20(23,24)25/h1-6,12H,7-10H2. The molecule has 2 aromatic carbocycles. The number of rotatable bonds is 2. The highest BCUT2D eigenvalue weighted by molar-refractivity contribution is 7.92. The first-order valence-electron chi connectivity index (χ1n) is 9.03. The molecule has 0 amide bonds.